The molecule has 5 heteroatoms. The number of hydrogen-bond donors (Lipinski definition) is 1. The van der Waals surface area contributed by atoms with Gasteiger partial charge in [0.05, 0.1) is 23.7 Å². The SMILES string of the molecule is COc1ccc2nc(-c3ccc(F)cc3)cc(C=O)c2c1O. The highest BCUT2D eigenvalue weighted by molar-refractivity contribution is 6.02. The van der Waals surface area contributed by atoms with Gasteiger partial charge in [-0.2, -0.15) is 0 Å². The molecular formula is C17H12FNO3. The highest BCUT2D eigenvalue weighted by Gasteiger charge is 2.14. The fraction of sp³-hybridized carbons (Fsp3) is 0.0588. The number of methoxy groups -OCH3 is 1. The van der Waals surface area contributed by atoms with E-state index in [4.69, 9.17) is 4.74 Å². The van der Waals surface area contributed by atoms with Gasteiger partial charge in [-0.1, -0.05) is 0 Å². The smallest absolute Gasteiger partial charge is 0.167 e. The van der Waals surface area contributed by atoms with Crippen molar-refractivity contribution in [2.75, 3.05) is 7.11 Å². The normalized spacial score (nSPS) is 10.6. The highest BCUT2D eigenvalue weighted by atomic mass is 19.1. The number of rotatable bonds is 3. The molecule has 0 radical (unpaired) electrons. The molecule has 22 heavy (non-hydrogen) atoms. The lowest BCUT2D eigenvalue weighted by Gasteiger charge is -2.10. The second-order valence-corrected chi connectivity index (χ2v) is 4.73. The molecule has 0 saturated heterocycles. The van der Waals surface area contributed by atoms with Gasteiger partial charge in [0.1, 0.15) is 5.82 Å². The lowest BCUT2D eigenvalue weighted by Crippen LogP contribution is -1.94. The molecule has 0 aliphatic heterocycles. The zero-order chi connectivity index (χ0) is 15.7. The van der Waals surface area contributed by atoms with Gasteiger partial charge in [0.15, 0.2) is 17.8 Å². The van der Waals surface area contributed by atoms with Crippen molar-refractivity contribution < 1.29 is 19.0 Å². The summed E-state index contributed by atoms with van der Waals surface area (Å²) in [7, 11) is 1.43. The zero-order valence-corrected chi connectivity index (χ0v) is 11.7. The van der Waals surface area contributed by atoms with Gasteiger partial charge in [-0.15, -0.1) is 0 Å². The second kappa shape index (κ2) is 5.44. The molecule has 2 aromatic carbocycles. The third-order valence-electron chi connectivity index (χ3n) is 3.43. The molecule has 1 aromatic heterocycles. The number of ether oxygens (including phenoxy) is 1. The van der Waals surface area contributed by atoms with Crippen LogP contribution < -0.4 is 4.74 Å². The Morgan fingerprint density at radius 2 is 1.91 bits per heavy atom. The summed E-state index contributed by atoms with van der Waals surface area (Å²) in [6.45, 7) is 0. The Labute approximate surface area is 125 Å². The van der Waals surface area contributed by atoms with E-state index < -0.39 is 0 Å². The molecule has 0 fully saturated rings. The summed E-state index contributed by atoms with van der Waals surface area (Å²) in [6.07, 6.45) is 0.649. The molecule has 0 saturated carbocycles. The quantitative estimate of drug-likeness (QED) is 0.751. The van der Waals surface area contributed by atoms with E-state index in [0.717, 1.165) is 0 Å². The van der Waals surface area contributed by atoms with Crippen molar-refractivity contribution in [1.29, 1.82) is 0 Å². The maximum atomic E-state index is 13.0. The van der Waals surface area contributed by atoms with Crippen LogP contribution >= 0.6 is 0 Å². The van der Waals surface area contributed by atoms with Crippen molar-refractivity contribution in [3.8, 4) is 22.8 Å². The molecule has 0 aliphatic rings. The van der Waals surface area contributed by atoms with Crippen LogP contribution in [0.2, 0.25) is 0 Å². The Kier molecular flexibility index (Phi) is 3.47. The predicted molar refractivity (Wildman–Crippen MR) is 80.7 cm³/mol. The summed E-state index contributed by atoms with van der Waals surface area (Å²) in [5.74, 6) is -0.199. The average Bonchev–Trinajstić information content (AvgIpc) is 2.55. The van der Waals surface area contributed by atoms with Crippen LogP contribution in [0.25, 0.3) is 22.2 Å². The van der Waals surface area contributed by atoms with E-state index in [9.17, 15) is 14.3 Å². The van der Waals surface area contributed by atoms with Gasteiger partial charge < -0.3 is 9.84 Å². The number of fused-ring (bicyclic) bond motifs is 1. The van der Waals surface area contributed by atoms with Gasteiger partial charge >= 0.3 is 0 Å². The minimum Gasteiger partial charge on any atom is -0.504 e. The molecule has 0 bridgehead atoms. The highest BCUT2D eigenvalue weighted by Crippen LogP contribution is 2.36. The molecule has 3 rings (SSSR count). The van der Waals surface area contributed by atoms with E-state index in [-0.39, 0.29) is 17.3 Å². The standard InChI is InChI=1S/C17H12FNO3/c1-22-15-7-6-13-16(17(15)21)11(9-20)8-14(19-13)10-2-4-12(18)5-3-10/h2-9,21H,1H3. The lowest BCUT2D eigenvalue weighted by atomic mass is 10.0. The predicted octanol–water partition coefficient (Wildman–Crippen LogP) is 3.57. The third kappa shape index (κ3) is 2.26. The number of carbonyl (C=O) groups excluding carboxylic acids is 1. The first-order chi connectivity index (χ1) is 10.6. The number of benzene rings is 2. The van der Waals surface area contributed by atoms with Crippen LogP contribution in [0, 0.1) is 5.82 Å². The van der Waals surface area contributed by atoms with Crippen molar-refractivity contribution in [2.24, 2.45) is 0 Å². The van der Waals surface area contributed by atoms with Crippen molar-refractivity contribution in [3.05, 3.63) is 53.8 Å². The fourth-order valence-corrected chi connectivity index (χ4v) is 2.35. The number of aldehydes is 1. The van der Waals surface area contributed by atoms with E-state index in [1.165, 1.54) is 19.2 Å². The largest absolute Gasteiger partial charge is 0.504 e. The number of halogens is 1. The van der Waals surface area contributed by atoms with Gasteiger partial charge in [-0.25, -0.2) is 9.37 Å². The Morgan fingerprint density at radius 3 is 2.55 bits per heavy atom. The molecular weight excluding hydrogens is 285 g/mol. The Balaban J connectivity index is 2.27. The molecule has 3 aromatic rings. The molecule has 110 valence electrons. The summed E-state index contributed by atoms with van der Waals surface area (Å²) in [5, 5.41) is 10.5. The maximum absolute atomic E-state index is 13.0. The fourth-order valence-electron chi connectivity index (χ4n) is 2.35. The number of nitrogens with zero attached hydrogens (tertiary/aromatic N) is 1. The number of pyridine rings is 1. The van der Waals surface area contributed by atoms with Crippen LogP contribution in [0.3, 0.4) is 0 Å². The van der Waals surface area contributed by atoms with E-state index in [2.05, 4.69) is 4.98 Å². The Bertz CT molecular complexity index is 860. The summed E-state index contributed by atoms with van der Waals surface area (Å²) in [5.41, 5.74) is 1.96. The van der Waals surface area contributed by atoms with Gasteiger partial charge in [-0.3, -0.25) is 4.79 Å². The van der Waals surface area contributed by atoms with Crippen molar-refractivity contribution in [2.45, 2.75) is 0 Å². The number of aromatic nitrogens is 1. The van der Waals surface area contributed by atoms with Crippen LogP contribution in [0.15, 0.2) is 42.5 Å². The lowest BCUT2D eigenvalue weighted by molar-refractivity contribution is 0.112. The van der Waals surface area contributed by atoms with Crippen LogP contribution in [0.1, 0.15) is 10.4 Å². The summed E-state index contributed by atoms with van der Waals surface area (Å²) in [4.78, 5) is 15.8. The van der Waals surface area contributed by atoms with Crippen LogP contribution in [-0.4, -0.2) is 23.5 Å². The van der Waals surface area contributed by atoms with Crippen LogP contribution in [0.4, 0.5) is 4.39 Å². The number of hydrogen-bond acceptors (Lipinski definition) is 4. The minimum absolute atomic E-state index is 0.125. The third-order valence-corrected chi connectivity index (χ3v) is 3.43. The molecule has 0 aliphatic carbocycles. The van der Waals surface area contributed by atoms with E-state index in [1.807, 2.05) is 0 Å². The minimum atomic E-state index is -0.345. The molecule has 0 unspecified atom stereocenters. The molecule has 4 nitrogen and oxygen atoms in total. The monoisotopic (exact) mass is 297 g/mol. The van der Waals surface area contributed by atoms with Gasteiger partial charge in [0, 0.05) is 11.1 Å². The topological polar surface area (TPSA) is 59.4 Å². The zero-order valence-electron chi connectivity index (χ0n) is 11.7. The maximum Gasteiger partial charge on any atom is 0.167 e. The second-order valence-electron chi connectivity index (χ2n) is 4.73. The first-order valence-corrected chi connectivity index (χ1v) is 6.56. The van der Waals surface area contributed by atoms with Crippen molar-refractivity contribution >= 4 is 17.2 Å². The molecule has 0 spiro atoms. The first kappa shape index (κ1) is 14.0. The number of aromatic hydroxyl groups is 1. The van der Waals surface area contributed by atoms with Gasteiger partial charge in [-0.05, 0) is 42.5 Å². The van der Waals surface area contributed by atoms with E-state index >= 15 is 0 Å². The van der Waals surface area contributed by atoms with Crippen molar-refractivity contribution in [3.63, 3.8) is 0 Å². The number of carbonyl (C=O) groups is 1. The summed E-state index contributed by atoms with van der Waals surface area (Å²) >= 11 is 0. The molecule has 1 heterocycles. The molecule has 0 atom stereocenters. The van der Waals surface area contributed by atoms with Crippen LogP contribution in [-0.2, 0) is 0 Å². The Hall–Kier alpha value is -2.95. The first-order valence-electron chi connectivity index (χ1n) is 6.56. The average molecular weight is 297 g/mol. The van der Waals surface area contributed by atoms with Crippen molar-refractivity contribution in [1.82, 2.24) is 4.98 Å². The number of phenolic OH excluding ortho intramolecular Hbond substituents is 1. The summed E-state index contributed by atoms with van der Waals surface area (Å²) in [6, 6.07) is 10.6. The number of phenols is 1. The Morgan fingerprint density at radius 1 is 1.18 bits per heavy atom. The molecule has 1 N–H and O–H groups in total. The molecule has 0 amide bonds. The van der Waals surface area contributed by atoms with Gasteiger partial charge in [0.2, 0.25) is 0 Å². The summed E-state index contributed by atoms with van der Waals surface area (Å²) < 4.78 is 18.1. The van der Waals surface area contributed by atoms with E-state index in [0.29, 0.717) is 34.0 Å². The van der Waals surface area contributed by atoms with Crippen LogP contribution in [0.5, 0.6) is 11.5 Å². The van der Waals surface area contributed by atoms with Gasteiger partial charge in [0.25, 0.3) is 0 Å². The van der Waals surface area contributed by atoms with E-state index in [1.54, 1.807) is 30.3 Å².